The summed E-state index contributed by atoms with van der Waals surface area (Å²) >= 11 is 0. The quantitative estimate of drug-likeness (QED) is 0.214. The molecule has 0 saturated carbocycles. The molecule has 0 aromatic heterocycles. The third-order valence-corrected chi connectivity index (χ3v) is 3.52. The van der Waals surface area contributed by atoms with Crippen molar-refractivity contribution in [3.05, 3.63) is 109 Å². The van der Waals surface area contributed by atoms with Crippen LogP contribution in [0, 0.1) is 13.8 Å². The van der Waals surface area contributed by atoms with Gasteiger partial charge in [-0.25, -0.2) is 0 Å². The molecule has 3 heteroatoms. The topological polar surface area (TPSA) is 46.1 Å². The molecule has 0 unspecified atom stereocenters. The maximum absolute atomic E-state index is 9.33. The van der Waals surface area contributed by atoms with Crippen LogP contribution < -0.4 is 10.2 Å². The van der Waals surface area contributed by atoms with Gasteiger partial charge in [-0.15, -0.1) is 106 Å². The molecule has 0 radical (unpaired) electrons. The Hall–Kier alpha value is -2.55. The van der Waals surface area contributed by atoms with Gasteiger partial charge in [0.1, 0.15) is 0 Å². The number of benzene rings is 2. The number of allylic oxidation sites excluding steroid dienone is 2. The zero-order chi connectivity index (χ0) is 21.1. The Bertz CT molecular complexity index is 863. The first-order valence-electron chi connectivity index (χ1n) is 9.08. The number of rotatable bonds is 0. The summed E-state index contributed by atoms with van der Waals surface area (Å²) in [5.41, 5.74) is 2.70. The monoisotopic (exact) mass is 420 g/mol. The first-order chi connectivity index (χ1) is 13.2. The van der Waals surface area contributed by atoms with Gasteiger partial charge < -0.3 is 10.2 Å². The second-order valence-corrected chi connectivity index (χ2v) is 6.73. The maximum Gasteiger partial charge on any atom is 4.00 e. The van der Waals surface area contributed by atoms with E-state index in [9.17, 15) is 10.2 Å². The molecule has 2 nitrogen and oxygen atoms in total. The Morgan fingerprint density at radius 1 is 0.690 bits per heavy atom. The third-order valence-electron chi connectivity index (χ3n) is 3.52. The molecule has 4 aromatic carbocycles. The van der Waals surface area contributed by atoms with E-state index in [0.717, 1.165) is 0 Å². The van der Waals surface area contributed by atoms with E-state index in [0.29, 0.717) is 0 Å². The van der Waals surface area contributed by atoms with E-state index >= 15 is 0 Å². The zero-order valence-electron chi connectivity index (χ0n) is 17.7. The Labute approximate surface area is 189 Å². The standard InChI is InChI=1S/2C10H9.2C3H6O.Ti/c2*1-8-6-9-4-2-3-5-10(9)7-8;2*1-3(2)4;/h2*2-7H,1H3;2*4H,1H2,2H3;/q2*-1;;;+4/p-2. The first-order valence-corrected chi connectivity index (χ1v) is 9.08. The second kappa shape index (κ2) is 13.6. The molecule has 0 aliphatic carbocycles. The number of fused-ring (bicyclic) bond motifs is 2. The van der Waals surface area contributed by atoms with Crippen LogP contribution in [0.2, 0.25) is 0 Å². The normalized spacial score (nSPS) is 8.97. The van der Waals surface area contributed by atoms with E-state index < -0.39 is 0 Å². The minimum atomic E-state index is -0.0833. The minimum Gasteiger partial charge on any atom is -0.876 e. The summed E-state index contributed by atoms with van der Waals surface area (Å²) in [5.74, 6) is -0.167. The molecular weight excluding hydrogens is 392 g/mol. The van der Waals surface area contributed by atoms with Crippen LogP contribution in [0.4, 0.5) is 0 Å². The van der Waals surface area contributed by atoms with Gasteiger partial charge in [-0.1, -0.05) is 39.8 Å². The van der Waals surface area contributed by atoms with Gasteiger partial charge in [0.2, 0.25) is 0 Å². The molecule has 0 amide bonds. The molecule has 0 aliphatic rings. The predicted molar refractivity (Wildman–Crippen MR) is 118 cm³/mol. The summed E-state index contributed by atoms with van der Waals surface area (Å²) in [6.07, 6.45) is 0. The molecule has 4 aromatic rings. The second-order valence-electron chi connectivity index (χ2n) is 6.73. The van der Waals surface area contributed by atoms with Gasteiger partial charge in [0.25, 0.3) is 0 Å². The molecule has 0 N–H and O–H groups in total. The Kier molecular flexibility index (Phi) is 12.4. The van der Waals surface area contributed by atoms with Crippen molar-refractivity contribution < 1.29 is 31.9 Å². The van der Waals surface area contributed by atoms with Crippen molar-refractivity contribution in [2.75, 3.05) is 0 Å². The molecule has 0 aliphatic heterocycles. The van der Waals surface area contributed by atoms with Crippen molar-refractivity contribution >= 4 is 21.5 Å². The number of hydrogen-bond donors (Lipinski definition) is 0. The van der Waals surface area contributed by atoms with E-state index in [2.05, 4.69) is 99.8 Å². The Morgan fingerprint density at radius 2 is 0.966 bits per heavy atom. The van der Waals surface area contributed by atoms with Crippen molar-refractivity contribution in [3.63, 3.8) is 0 Å². The van der Waals surface area contributed by atoms with Crippen LogP contribution in [0.5, 0.6) is 0 Å². The molecule has 0 saturated heterocycles. The van der Waals surface area contributed by atoms with Gasteiger partial charge in [0.05, 0.1) is 0 Å². The Morgan fingerprint density at radius 3 is 1.24 bits per heavy atom. The van der Waals surface area contributed by atoms with Gasteiger partial charge in [0.15, 0.2) is 0 Å². The summed E-state index contributed by atoms with van der Waals surface area (Å²) in [5, 5.41) is 24.1. The van der Waals surface area contributed by atoms with Crippen molar-refractivity contribution in [2.45, 2.75) is 27.7 Å². The summed E-state index contributed by atoms with van der Waals surface area (Å²) in [6.45, 7) is 13.1. The van der Waals surface area contributed by atoms with Gasteiger partial charge in [-0.05, 0) is 0 Å². The van der Waals surface area contributed by atoms with Gasteiger partial charge in [0, 0.05) is 0 Å². The van der Waals surface area contributed by atoms with Crippen LogP contribution in [0.25, 0.3) is 21.5 Å². The molecule has 29 heavy (non-hydrogen) atoms. The largest absolute Gasteiger partial charge is 4.00 e. The van der Waals surface area contributed by atoms with E-state index in [4.69, 9.17) is 0 Å². The fourth-order valence-corrected chi connectivity index (χ4v) is 2.61. The molecule has 0 atom stereocenters. The first kappa shape index (κ1) is 26.5. The van der Waals surface area contributed by atoms with Crippen LogP contribution in [0.15, 0.2) is 97.5 Å². The van der Waals surface area contributed by atoms with Gasteiger partial charge >= 0.3 is 21.7 Å². The van der Waals surface area contributed by atoms with Gasteiger partial charge in [-0.2, -0.15) is 12.1 Å². The van der Waals surface area contributed by atoms with Crippen LogP contribution in [-0.2, 0) is 21.7 Å². The van der Waals surface area contributed by atoms with Crippen LogP contribution in [-0.4, -0.2) is 0 Å². The van der Waals surface area contributed by atoms with E-state index in [1.807, 2.05) is 0 Å². The average Bonchev–Trinajstić information content (AvgIpc) is 3.14. The molecule has 0 fully saturated rings. The summed E-state index contributed by atoms with van der Waals surface area (Å²) in [7, 11) is 0. The number of hydrogen-bond acceptors (Lipinski definition) is 2. The van der Waals surface area contributed by atoms with E-state index in [-0.39, 0.29) is 33.2 Å². The van der Waals surface area contributed by atoms with Gasteiger partial charge in [-0.3, -0.25) is 0 Å². The predicted octanol–water partition coefficient (Wildman–Crippen LogP) is 5.49. The van der Waals surface area contributed by atoms with E-state index in [1.165, 1.54) is 46.5 Å². The van der Waals surface area contributed by atoms with Crippen molar-refractivity contribution in [3.8, 4) is 0 Å². The molecule has 0 spiro atoms. The summed E-state index contributed by atoms with van der Waals surface area (Å²) < 4.78 is 0. The third kappa shape index (κ3) is 11.1. The molecule has 0 heterocycles. The maximum atomic E-state index is 9.33. The zero-order valence-corrected chi connectivity index (χ0v) is 19.2. The minimum absolute atomic E-state index is 0. The van der Waals surface area contributed by atoms with Crippen LogP contribution in [0.1, 0.15) is 25.0 Å². The van der Waals surface area contributed by atoms with Crippen molar-refractivity contribution in [2.24, 2.45) is 0 Å². The fourth-order valence-electron chi connectivity index (χ4n) is 2.61. The molecular formula is C26H28O2Ti. The number of aryl methyl sites for hydroxylation is 2. The average molecular weight is 420 g/mol. The van der Waals surface area contributed by atoms with Crippen molar-refractivity contribution in [1.29, 1.82) is 0 Å². The molecule has 4 rings (SSSR count). The Balaban J connectivity index is 0.000000391. The SMILES string of the molecule is C=C(C)[O-].C=C(C)[O-].Cc1cc2ccccc2[cH-]1.Cc1cc2ccccc2[cH-]1.[Ti+4]. The summed E-state index contributed by atoms with van der Waals surface area (Å²) in [4.78, 5) is 0. The fraction of sp³-hybridized carbons (Fsp3) is 0.154. The molecule has 148 valence electrons. The smallest absolute Gasteiger partial charge is 0.876 e. The van der Waals surface area contributed by atoms with E-state index in [1.54, 1.807) is 0 Å². The van der Waals surface area contributed by atoms with Crippen molar-refractivity contribution in [1.82, 2.24) is 0 Å². The van der Waals surface area contributed by atoms with Crippen LogP contribution in [0.3, 0.4) is 0 Å². The van der Waals surface area contributed by atoms with Crippen LogP contribution >= 0.6 is 0 Å². The molecule has 0 bridgehead atoms. The summed E-state index contributed by atoms with van der Waals surface area (Å²) in [6, 6.07) is 25.7.